The molecule has 15 heavy (non-hydrogen) atoms. The molecule has 1 heterocycles. The summed E-state index contributed by atoms with van der Waals surface area (Å²) in [5.74, 6) is 0.404. The van der Waals surface area contributed by atoms with Gasteiger partial charge in [-0.1, -0.05) is 0 Å². The smallest absolute Gasteiger partial charge is 0.134 e. The fraction of sp³-hybridized carbons (Fsp3) is 0.636. The van der Waals surface area contributed by atoms with Crippen LogP contribution in [-0.4, -0.2) is 28.8 Å². The van der Waals surface area contributed by atoms with Gasteiger partial charge in [0.2, 0.25) is 0 Å². The van der Waals surface area contributed by atoms with Gasteiger partial charge in [0.1, 0.15) is 5.78 Å². The highest BCUT2D eigenvalue weighted by Crippen LogP contribution is 2.21. The Kier molecular flexibility index (Phi) is 3.17. The lowest BCUT2D eigenvalue weighted by molar-refractivity contribution is -0.117. The van der Waals surface area contributed by atoms with Crippen LogP contribution in [0.25, 0.3) is 0 Å². The van der Waals surface area contributed by atoms with Crippen molar-refractivity contribution in [3.8, 4) is 0 Å². The Balaban J connectivity index is 1.92. The van der Waals surface area contributed by atoms with Gasteiger partial charge < -0.3 is 0 Å². The molecule has 0 spiro atoms. The van der Waals surface area contributed by atoms with Gasteiger partial charge in [0, 0.05) is 30.8 Å². The molecule has 1 atom stereocenters. The lowest BCUT2D eigenvalue weighted by Gasteiger charge is -2.22. The fourth-order valence-corrected chi connectivity index (χ4v) is 2.64. The van der Waals surface area contributed by atoms with E-state index in [2.05, 4.69) is 22.3 Å². The van der Waals surface area contributed by atoms with Crippen molar-refractivity contribution in [2.75, 3.05) is 7.05 Å². The van der Waals surface area contributed by atoms with E-state index in [9.17, 15) is 4.79 Å². The summed E-state index contributed by atoms with van der Waals surface area (Å²) in [6.07, 6.45) is 2.49. The van der Waals surface area contributed by atoms with E-state index in [0.29, 0.717) is 11.8 Å². The highest BCUT2D eigenvalue weighted by molar-refractivity contribution is 7.09. The Morgan fingerprint density at radius 2 is 2.47 bits per heavy atom. The number of nitrogens with zero attached hydrogens (tertiary/aromatic N) is 2. The van der Waals surface area contributed by atoms with E-state index in [4.69, 9.17) is 0 Å². The molecule has 82 valence electrons. The quantitative estimate of drug-likeness (QED) is 0.787. The standard InChI is InChI=1S/C11H16N2OS/c1-8-12-9(7-15-8)6-13(2)10-3-4-11(14)5-10/h7,10H,3-6H2,1-2H3. The number of carbonyl (C=O) groups is 1. The molecule has 1 fully saturated rings. The van der Waals surface area contributed by atoms with E-state index < -0.39 is 0 Å². The zero-order valence-corrected chi connectivity index (χ0v) is 10.0. The fourth-order valence-electron chi connectivity index (χ4n) is 2.04. The van der Waals surface area contributed by atoms with Gasteiger partial charge in [-0.2, -0.15) is 0 Å². The van der Waals surface area contributed by atoms with E-state index in [1.54, 1.807) is 11.3 Å². The van der Waals surface area contributed by atoms with Crippen LogP contribution >= 0.6 is 11.3 Å². The number of carbonyl (C=O) groups excluding carboxylic acids is 1. The van der Waals surface area contributed by atoms with Crippen LogP contribution in [0.4, 0.5) is 0 Å². The molecule has 2 rings (SSSR count). The molecule has 0 N–H and O–H groups in total. The van der Waals surface area contributed by atoms with Crippen molar-refractivity contribution in [3.63, 3.8) is 0 Å². The van der Waals surface area contributed by atoms with Gasteiger partial charge >= 0.3 is 0 Å². The number of aryl methyl sites for hydroxylation is 1. The van der Waals surface area contributed by atoms with Crippen molar-refractivity contribution >= 4 is 17.1 Å². The maximum atomic E-state index is 11.2. The first-order valence-corrected chi connectivity index (χ1v) is 6.16. The van der Waals surface area contributed by atoms with Gasteiger partial charge in [-0.15, -0.1) is 11.3 Å². The van der Waals surface area contributed by atoms with Crippen LogP contribution in [0.1, 0.15) is 30.0 Å². The first-order valence-electron chi connectivity index (χ1n) is 5.28. The summed E-state index contributed by atoms with van der Waals surface area (Å²) in [5.41, 5.74) is 1.12. The van der Waals surface area contributed by atoms with Crippen molar-refractivity contribution in [1.29, 1.82) is 0 Å². The maximum Gasteiger partial charge on any atom is 0.134 e. The molecule has 1 aliphatic carbocycles. The minimum Gasteiger partial charge on any atom is -0.300 e. The van der Waals surface area contributed by atoms with Crippen LogP contribution < -0.4 is 0 Å². The van der Waals surface area contributed by atoms with Crippen LogP contribution in [0, 0.1) is 6.92 Å². The molecule has 0 bridgehead atoms. The minimum atomic E-state index is 0.404. The average molecular weight is 224 g/mol. The van der Waals surface area contributed by atoms with Crippen molar-refractivity contribution in [3.05, 3.63) is 16.1 Å². The molecule has 4 heteroatoms. The number of ketones is 1. The van der Waals surface area contributed by atoms with Gasteiger partial charge in [0.25, 0.3) is 0 Å². The number of hydrogen-bond acceptors (Lipinski definition) is 4. The topological polar surface area (TPSA) is 33.2 Å². The lowest BCUT2D eigenvalue weighted by atomic mass is 10.2. The van der Waals surface area contributed by atoms with Crippen LogP contribution in [0.15, 0.2) is 5.38 Å². The van der Waals surface area contributed by atoms with Crippen LogP contribution in [-0.2, 0) is 11.3 Å². The lowest BCUT2D eigenvalue weighted by Crippen LogP contribution is -2.29. The molecule has 1 aromatic rings. The Hall–Kier alpha value is -0.740. The highest BCUT2D eigenvalue weighted by Gasteiger charge is 2.25. The highest BCUT2D eigenvalue weighted by atomic mass is 32.1. The molecule has 1 unspecified atom stereocenters. The molecule has 0 aromatic carbocycles. The Bertz CT molecular complexity index is 361. The molecular weight excluding hydrogens is 208 g/mol. The van der Waals surface area contributed by atoms with Gasteiger partial charge in [0.05, 0.1) is 10.7 Å². The second-order valence-corrected chi connectivity index (χ2v) is 5.27. The van der Waals surface area contributed by atoms with E-state index in [-0.39, 0.29) is 0 Å². The zero-order chi connectivity index (χ0) is 10.8. The Morgan fingerprint density at radius 1 is 1.67 bits per heavy atom. The summed E-state index contributed by atoms with van der Waals surface area (Å²) in [4.78, 5) is 17.9. The van der Waals surface area contributed by atoms with Crippen molar-refractivity contribution in [2.45, 2.75) is 38.8 Å². The van der Waals surface area contributed by atoms with Gasteiger partial charge in [-0.3, -0.25) is 9.69 Å². The first-order chi connectivity index (χ1) is 7.15. The normalized spacial score (nSPS) is 21.5. The number of thiazole rings is 1. The molecule has 0 amide bonds. The summed E-state index contributed by atoms with van der Waals surface area (Å²) in [7, 11) is 2.08. The number of hydrogen-bond donors (Lipinski definition) is 0. The molecule has 3 nitrogen and oxygen atoms in total. The van der Waals surface area contributed by atoms with Crippen LogP contribution in [0.3, 0.4) is 0 Å². The molecule has 0 saturated heterocycles. The third kappa shape index (κ3) is 2.63. The maximum absolute atomic E-state index is 11.2. The predicted octanol–water partition coefficient (Wildman–Crippen LogP) is 2.00. The average Bonchev–Trinajstić information content (AvgIpc) is 2.75. The largest absolute Gasteiger partial charge is 0.300 e. The van der Waals surface area contributed by atoms with Crippen molar-refractivity contribution in [1.82, 2.24) is 9.88 Å². The number of rotatable bonds is 3. The summed E-state index contributed by atoms with van der Waals surface area (Å²) >= 11 is 1.68. The summed E-state index contributed by atoms with van der Waals surface area (Å²) < 4.78 is 0. The Labute approximate surface area is 94.1 Å². The second-order valence-electron chi connectivity index (χ2n) is 4.21. The molecular formula is C11H16N2OS. The van der Waals surface area contributed by atoms with E-state index in [1.165, 1.54) is 0 Å². The Morgan fingerprint density at radius 3 is 3.00 bits per heavy atom. The van der Waals surface area contributed by atoms with E-state index in [0.717, 1.165) is 36.5 Å². The van der Waals surface area contributed by atoms with Crippen molar-refractivity contribution < 1.29 is 4.79 Å². The summed E-state index contributed by atoms with van der Waals surface area (Å²) in [6.45, 7) is 2.88. The molecule has 0 radical (unpaired) electrons. The molecule has 1 aromatic heterocycles. The van der Waals surface area contributed by atoms with Gasteiger partial charge in [-0.25, -0.2) is 4.98 Å². The zero-order valence-electron chi connectivity index (χ0n) is 9.19. The summed E-state index contributed by atoms with van der Waals surface area (Å²) in [5, 5.41) is 3.21. The van der Waals surface area contributed by atoms with E-state index in [1.807, 2.05) is 6.92 Å². The second kappa shape index (κ2) is 4.41. The molecule has 1 saturated carbocycles. The molecule has 0 aliphatic heterocycles. The SMILES string of the molecule is Cc1nc(CN(C)C2CCC(=O)C2)cs1. The minimum absolute atomic E-state index is 0.404. The van der Waals surface area contributed by atoms with Gasteiger partial charge in [-0.05, 0) is 20.4 Å². The monoisotopic (exact) mass is 224 g/mol. The predicted molar refractivity (Wildman–Crippen MR) is 61.0 cm³/mol. The third-order valence-electron chi connectivity index (χ3n) is 2.92. The number of Topliss-reactive ketones (excluding diaryl/α,β-unsaturated/α-hetero) is 1. The molecule has 1 aliphatic rings. The van der Waals surface area contributed by atoms with E-state index >= 15 is 0 Å². The van der Waals surface area contributed by atoms with Crippen LogP contribution in [0.2, 0.25) is 0 Å². The number of aromatic nitrogens is 1. The van der Waals surface area contributed by atoms with Crippen molar-refractivity contribution in [2.24, 2.45) is 0 Å². The third-order valence-corrected chi connectivity index (χ3v) is 3.74. The van der Waals surface area contributed by atoms with Crippen LogP contribution in [0.5, 0.6) is 0 Å². The summed E-state index contributed by atoms with van der Waals surface area (Å²) in [6, 6.07) is 0.430. The van der Waals surface area contributed by atoms with Gasteiger partial charge in [0.15, 0.2) is 0 Å². The first kappa shape index (κ1) is 10.8.